The molecule has 3 heterocycles. The number of hydrogen-bond acceptors (Lipinski definition) is 5. The molecule has 18 heavy (non-hydrogen) atoms. The van der Waals surface area contributed by atoms with Crippen LogP contribution in [0.1, 0.15) is 10.6 Å². The van der Waals surface area contributed by atoms with Gasteiger partial charge in [-0.2, -0.15) is 4.98 Å². The van der Waals surface area contributed by atoms with E-state index in [0.717, 1.165) is 15.8 Å². The molecule has 0 aliphatic heterocycles. The molecule has 0 aromatic carbocycles. The maximum atomic E-state index is 4.39. The van der Waals surface area contributed by atoms with Crippen LogP contribution >= 0.6 is 27.3 Å². The van der Waals surface area contributed by atoms with Crippen molar-refractivity contribution in [2.45, 2.75) is 13.5 Å². The summed E-state index contributed by atoms with van der Waals surface area (Å²) in [5, 5.41) is 7.56. The first-order valence-electron chi connectivity index (χ1n) is 5.37. The maximum Gasteiger partial charge on any atom is 0.243 e. The lowest BCUT2D eigenvalue weighted by Crippen LogP contribution is -2.00. The van der Waals surface area contributed by atoms with Crippen molar-refractivity contribution >= 4 is 38.9 Å². The number of thiazole rings is 1. The monoisotopic (exact) mass is 323 g/mol. The number of aryl methyl sites for hydroxylation is 1. The Kier molecular flexibility index (Phi) is 3.00. The lowest BCUT2D eigenvalue weighted by molar-refractivity contribution is 0.946. The van der Waals surface area contributed by atoms with Gasteiger partial charge in [0.1, 0.15) is 0 Å². The van der Waals surface area contributed by atoms with Gasteiger partial charge in [-0.05, 0) is 35.0 Å². The van der Waals surface area contributed by atoms with Gasteiger partial charge >= 0.3 is 0 Å². The average Bonchev–Trinajstić information content (AvgIpc) is 2.92. The van der Waals surface area contributed by atoms with Gasteiger partial charge in [0.2, 0.25) is 5.95 Å². The van der Waals surface area contributed by atoms with Gasteiger partial charge in [0.15, 0.2) is 5.65 Å². The maximum absolute atomic E-state index is 4.39. The number of fused-ring (bicyclic) bond motifs is 1. The van der Waals surface area contributed by atoms with E-state index in [2.05, 4.69) is 36.3 Å². The highest BCUT2D eigenvalue weighted by Gasteiger charge is 2.05. The quantitative estimate of drug-likeness (QED) is 0.805. The first kappa shape index (κ1) is 11.6. The van der Waals surface area contributed by atoms with E-state index in [-0.39, 0.29) is 0 Å². The highest BCUT2D eigenvalue weighted by molar-refractivity contribution is 9.10. The van der Waals surface area contributed by atoms with Crippen LogP contribution in [0.25, 0.3) is 5.65 Å². The molecule has 0 atom stereocenters. The number of aromatic nitrogens is 4. The van der Waals surface area contributed by atoms with E-state index >= 15 is 0 Å². The molecule has 1 N–H and O–H groups in total. The third kappa shape index (κ3) is 2.23. The molecule has 5 nitrogen and oxygen atoms in total. The van der Waals surface area contributed by atoms with Crippen molar-refractivity contribution in [1.82, 2.24) is 19.6 Å². The van der Waals surface area contributed by atoms with Crippen molar-refractivity contribution < 1.29 is 0 Å². The van der Waals surface area contributed by atoms with Gasteiger partial charge in [-0.25, -0.2) is 9.50 Å². The van der Waals surface area contributed by atoms with Crippen LogP contribution in [0.4, 0.5) is 5.95 Å². The second-order valence-electron chi connectivity index (χ2n) is 3.80. The number of pyridine rings is 1. The van der Waals surface area contributed by atoms with Crippen LogP contribution in [-0.2, 0) is 6.54 Å². The Morgan fingerprint density at radius 3 is 3.11 bits per heavy atom. The Hall–Kier alpha value is -1.47. The van der Waals surface area contributed by atoms with Gasteiger partial charge in [0.05, 0.1) is 17.7 Å². The van der Waals surface area contributed by atoms with Crippen molar-refractivity contribution in [2.75, 3.05) is 5.32 Å². The van der Waals surface area contributed by atoms with Crippen LogP contribution in [0.5, 0.6) is 0 Å². The first-order chi connectivity index (χ1) is 8.72. The fourth-order valence-electron chi connectivity index (χ4n) is 1.59. The van der Waals surface area contributed by atoms with E-state index in [1.165, 1.54) is 4.88 Å². The molecule has 0 radical (unpaired) electrons. The summed E-state index contributed by atoms with van der Waals surface area (Å²) < 4.78 is 2.72. The lowest BCUT2D eigenvalue weighted by atomic mass is 10.4. The van der Waals surface area contributed by atoms with Crippen LogP contribution in [0.2, 0.25) is 0 Å². The molecular weight excluding hydrogens is 314 g/mol. The molecule has 3 aromatic heterocycles. The fraction of sp³-hybridized carbons (Fsp3) is 0.182. The van der Waals surface area contributed by atoms with Crippen LogP contribution in [0.15, 0.2) is 28.3 Å². The minimum Gasteiger partial charge on any atom is -0.348 e. The van der Waals surface area contributed by atoms with Crippen molar-refractivity contribution in [3.8, 4) is 0 Å². The minimum absolute atomic E-state index is 0.626. The van der Waals surface area contributed by atoms with E-state index in [0.29, 0.717) is 12.5 Å². The van der Waals surface area contributed by atoms with Crippen LogP contribution < -0.4 is 5.32 Å². The van der Waals surface area contributed by atoms with E-state index in [1.807, 2.05) is 30.8 Å². The smallest absolute Gasteiger partial charge is 0.243 e. The molecule has 0 fully saturated rings. The highest BCUT2D eigenvalue weighted by Crippen LogP contribution is 2.15. The highest BCUT2D eigenvalue weighted by atomic mass is 79.9. The largest absolute Gasteiger partial charge is 0.348 e. The van der Waals surface area contributed by atoms with Gasteiger partial charge < -0.3 is 5.32 Å². The summed E-state index contributed by atoms with van der Waals surface area (Å²) in [6.07, 6.45) is 1.88. The molecule has 0 spiro atoms. The number of hydrogen-bond donors (Lipinski definition) is 1. The Morgan fingerprint density at radius 1 is 1.44 bits per heavy atom. The Balaban J connectivity index is 1.81. The molecule has 0 aliphatic rings. The summed E-state index contributed by atoms with van der Waals surface area (Å²) in [4.78, 5) is 9.80. The van der Waals surface area contributed by atoms with E-state index in [9.17, 15) is 0 Å². The van der Waals surface area contributed by atoms with Crippen molar-refractivity contribution in [3.63, 3.8) is 0 Å². The van der Waals surface area contributed by atoms with E-state index in [1.54, 1.807) is 15.9 Å². The van der Waals surface area contributed by atoms with Gasteiger partial charge in [0.25, 0.3) is 0 Å². The van der Waals surface area contributed by atoms with Crippen LogP contribution in [0, 0.1) is 6.92 Å². The topological polar surface area (TPSA) is 55.1 Å². The normalized spacial score (nSPS) is 11.0. The van der Waals surface area contributed by atoms with Gasteiger partial charge in [0, 0.05) is 15.5 Å². The summed E-state index contributed by atoms with van der Waals surface area (Å²) in [7, 11) is 0. The molecule has 0 saturated carbocycles. The van der Waals surface area contributed by atoms with Crippen molar-refractivity contribution in [3.05, 3.63) is 38.9 Å². The molecule has 92 valence electrons. The van der Waals surface area contributed by atoms with Crippen LogP contribution in [-0.4, -0.2) is 19.6 Å². The molecule has 0 bridgehead atoms. The Labute approximate surface area is 116 Å². The van der Waals surface area contributed by atoms with Gasteiger partial charge in [-0.3, -0.25) is 0 Å². The van der Waals surface area contributed by atoms with Crippen LogP contribution in [0.3, 0.4) is 0 Å². The standard InChI is InChI=1S/C11H10BrN5S/c1-7-9(18-6-14-7)4-13-11-15-10-3-2-8(12)5-17(10)16-11/h2-3,5-6H,4H2,1H3,(H,13,16). The SMILES string of the molecule is Cc1ncsc1CNc1nc2ccc(Br)cn2n1. The zero-order valence-electron chi connectivity index (χ0n) is 9.59. The predicted molar refractivity (Wildman–Crippen MR) is 74.9 cm³/mol. The molecule has 0 aliphatic carbocycles. The number of anilines is 1. The fourth-order valence-corrected chi connectivity index (χ4v) is 2.63. The second kappa shape index (κ2) is 4.66. The van der Waals surface area contributed by atoms with E-state index in [4.69, 9.17) is 0 Å². The lowest BCUT2D eigenvalue weighted by Gasteiger charge is -1.98. The number of nitrogens with one attached hydrogen (secondary N) is 1. The third-order valence-electron chi connectivity index (χ3n) is 2.55. The summed E-state index contributed by atoms with van der Waals surface area (Å²) in [5.41, 5.74) is 3.72. The average molecular weight is 324 g/mol. The molecule has 0 amide bonds. The summed E-state index contributed by atoms with van der Waals surface area (Å²) >= 11 is 5.04. The number of rotatable bonds is 3. The molecule has 0 unspecified atom stereocenters. The predicted octanol–water partition coefficient (Wildman–Crippen LogP) is 2.87. The van der Waals surface area contributed by atoms with Crippen molar-refractivity contribution in [1.29, 1.82) is 0 Å². The molecule has 3 rings (SSSR count). The first-order valence-corrected chi connectivity index (χ1v) is 7.04. The number of nitrogens with zero attached hydrogens (tertiary/aromatic N) is 4. The Bertz CT molecular complexity index is 690. The summed E-state index contributed by atoms with van der Waals surface area (Å²) in [5.74, 6) is 0.626. The van der Waals surface area contributed by atoms with Gasteiger partial charge in [-0.15, -0.1) is 16.4 Å². The van der Waals surface area contributed by atoms with E-state index < -0.39 is 0 Å². The molecule has 0 saturated heterocycles. The molecular formula is C11H10BrN5S. The zero-order valence-corrected chi connectivity index (χ0v) is 12.0. The summed E-state index contributed by atoms with van der Waals surface area (Å²) in [6.45, 7) is 2.70. The molecule has 7 heteroatoms. The number of halogens is 1. The zero-order chi connectivity index (χ0) is 12.5. The summed E-state index contributed by atoms with van der Waals surface area (Å²) in [6, 6.07) is 3.86. The van der Waals surface area contributed by atoms with Crippen molar-refractivity contribution in [2.24, 2.45) is 0 Å². The van der Waals surface area contributed by atoms with Gasteiger partial charge in [-0.1, -0.05) is 0 Å². The third-order valence-corrected chi connectivity index (χ3v) is 3.95. The Morgan fingerprint density at radius 2 is 2.33 bits per heavy atom. The molecule has 3 aromatic rings. The minimum atomic E-state index is 0.626. The second-order valence-corrected chi connectivity index (χ2v) is 5.65.